The third-order valence-corrected chi connectivity index (χ3v) is 5.21. The molecule has 1 aromatic heterocycles. The molecular formula is C19H23ClN4O3. The van der Waals surface area contributed by atoms with E-state index in [0.717, 1.165) is 30.5 Å². The highest BCUT2D eigenvalue weighted by Gasteiger charge is 2.27. The number of aromatic nitrogens is 2. The number of carbonyl (C=O) groups excluding carboxylic acids is 2. The molecule has 27 heavy (non-hydrogen) atoms. The molecule has 1 aliphatic rings. The van der Waals surface area contributed by atoms with Gasteiger partial charge < -0.3 is 15.4 Å². The van der Waals surface area contributed by atoms with Crippen LogP contribution in [0.2, 0.25) is 5.02 Å². The molecule has 144 valence electrons. The van der Waals surface area contributed by atoms with E-state index in [4.69, 9.17) is 16.3 Å². The fourth-order valence-electron chi connectivity index (χ4n) is 3.46. The molecule has 1 heterocycles. The highest BCUT2D eigenvalue weighted by Crippen LogP contribution is 2.30. The minimum absolute atomic E-state index is 0.00351. The van der Waals surface area contributed by atoms with E-state index in [1.165, 1.54) is 7.11 Å². The Morgan fingerprint density at radius 3 is 2.93 bits per heavy atom. The van der Waals surface area contributed by atoms with Gasteiger partial charge in [-0.3, -0.25) is 9.48 Å². The summed E-state index contributed by atoms with van der Waals surface area (Å²) in [7, 11) is 3.23. The summed E-state index contributed by atoms with van der Waals surface area (Å²) in [5, 5.41) is 10.6. The van der Waals surface area contributed by atoms with Crippen molar-refractivity contribution in [2.45, 2.75) is 37.8 Å². The maximum absolute atomic E-state index is 12.6. The van der Waals surface area contributed by atoms with Crippen LogP contribution in [0.1, 0.15) is 48.2 Å². The monoisotopic (exact) mass is 390 g/mol. The number of hydrogen-bond donors (Lipinski definition) is 2. The van der Waals surface area contributed by atoms with Crippen LogP contribution in [-0.2, 0) is 23.0 Å². The summed E-state index contributed by atoms with van der Waals surface area (Å²) >= 11 is 6.26. The summed E-state index contributed by atoms with van der Waals surface area (Å²) in [4.78, 5) is 24.4. The van der Waals surface area contributed by atoms with Gasteiger partial charge in [-0.1, -0.05) is 29.8 Å². The SMILES string of the molecule is COC(=O)CC(NC(=O)NC1CCCc2c1cnn2C)c1ccccc1Cl. The van der Waals surface area contributed by atoms with E-state index in [2.05, 4.69) is 15.7 Å². The average Bonchev–Trinajstić information content (AvgIpc) is 3.03. The molecular weight excluding hydrogens is 368 g/mol. The molecule has 1 aliphatic carbocycles. The van der Waals surface area contributed by atoms with Gasteiger partial charge in [-0.05, 0) is 30.9 Å². The minimum Gasteiger partial charge on any atom is -0.469 e. The van der Waals surface area contributed by atoms with Gasteiger partial charge >= 0.3 is 12.0 Å². The van der Waals surface area contributed by atoms with Crippen LogP contribution in [0.25, 0.3) is 0 Å². The molecule has 7 nitrogen and oxygen atoms in total. The predicted octanol–water partition coefficient (Wildman–Crippen LogP) is 3.05. The van der Waals surface area contributed by atoms with Crippen LogP contribution in [0.3, 0.4) is 0 Å². The van der Waals surface area contributed by atoms with Gasteiger partial charge in [0.2, 0.25) is 0 Å². The Bertz CT molecular complexity index is 836. The summed E-state index contributed by atoms with van der Waals surface area (Å²) < 4.78 is 6.61. The minimum atomic E-state index is -0.580. The summed E-state index contributed by atoms with van der Waals surface area (Å²) in [6.45, 7) is 0. The molecule has 0 saturated heterocycles. The van der Waals surface area contributed by atoms with Crippen LogP contribution in [0.4, 0.5) is 4.79 Å². The highest BCUT2D eigenvalue weighted by molar-refractivity contribution is 6.31. The van der Waals surface area contributed by atoms with Crippen molar-refractivity contribution in [3.05, 3.63) is 52.3 Å². The number of fused-ring (bicyclic) bond motifs is 1. The van der Waals surface area contributed by atoms with Gasteiger partial charge in [0.1, 0.15) is 0 Å². The van der Waals surface area contributed by atoms with E-state index < -0.39 is 12.0 Å². The largest absolute Gasteiger partial charge is 0.469 e. The fourth-order valence-corrected chi connectivity index (χ4v) is 3.73. The van der Waals surface area contributed by atoms with Crippen molar-refractivity contribution in [1.29, 1.82) is 0 Å². The lowest BCUT2D eigenvalue weighted by atomic mass is 9.93. The summed E-state index contributed by atoms with van der Waals surface area (Å²) in [5.41, 5.74) is 2.86. The molecule has 0 aliphatic heterocycles. The molecule has 0 radical (unpaired) electrons. The van der Waals surface area contributed by atoms with Crippen LogP contribution in [-0.4, -0.2) is 28.9 Å². The number of ether oxygens (including phenoxy) is 1. The Morgan fingerprint density at radius 1 is 1.41 bits per heavy atom. The zero-order chi connectivity index (χ0) is 19.4. The van der Waals surface area contributed by atoms with Crippen LogP contribution < -0.4 is 10.6 Å². The third-order valence-electron chi connectivity index (χ3n) is 4.87. The number of rotatable bonds is 5. The first-order chi connectivity index (χ1) is 13.0. The Hall–Kier alpha value is -2.54. The number of amides is 2. The predicted molar refractivity (Wildman–Crippen MR) is 101 cm³/mol. The Labute approximate surface area is 163 Å². The number of esters is 1. The number of aryl methyl sites for hydroxylation is 1. The Balaban J connectivity index is 1.73. The number of halogens is 1. The van der Waals surface area contributed by atoms with E-state index in [9.17, 15) is 9.59 Å². The lowest BCUT2D eigenvalue weighted by Crippen LogP contribution is -2.41. The van der Waals surface area contributed by atoms with Crippen LogP contribution in [0, 0.1) is 0 Å². The Morgan fingerprint density at radius 2 is 2.19 bits per heavy atom. The smallest absolute Gasteiger partial charge is 0.315 e. The van der Waals surface area contributed by atoms with Gasteiger partial charge in [0, 0.05) is 23.3 Å². The lowest BCUT2D eigenvalue weighted by Gasteiger charge is -2.26. The second kappa shape index (κ2) is 8.43. The molecule has 2 N–H and O–H groups in total. The standard InChI is InChI=1S/C19H23ClN4O3/c1-24-17-9-5-8-15(13(17)11-21-24)22-19(26)23-16(10-18(25)27-2)12-6-3-4-7-14(12)20/h3-4,6-7,11,15-16H,5,8-10H2,1-2H3,(H2,22,23,26). The van der Waals surface area contributed by atoms with Gasteiger partial charge in [0.15, 0.2) is 0 Å². The number of carbonyl (C=O) groups is 2. The van der Waals surface area contributed by atoms with Crippen molar-refractivity contribution in [2.24, 2.45) is 7.05 Å². The maximum Gasteiger partial charge on any atom is 0.315 e. The van der Waals surface area contributed by atoms with Gasteiger partial charge in [-0.15, -0.1) is 0 Å². The highest BCUT2D eigenvalue weighted by atomic mass is 35.5. The maximum atomic E-state index is 12.6. The van der Waals surface area contributed by atoms with Crippen molar-refractivity contribution < 1.29 is 14.3 Å². The van der Waals surface area contributed by atoms with E-state index in [1.807, 2.05) is 17.8 Å². The van der Waals surface area contributed by atoms with Crippen molar-refractivity contribution in [1.82, 2.24) is 20.4 Å². The molecule has 2 amide bonds. The number of benzene rings is 1. The van der Waals surface area contributed by atoms with E-state index in [0.29, 0.717) is 10.6 Å². The molecule has 2 aromatic rings. The molecule has 0 bridgehead atoms. The van der Waals surface area contributed by atoms with Crippen molar-refractivity contribution in [3.63, 3.8) is 0 Å². The number of nitrogens with one attached hydrogen (secondary N) is 2. The second-order valence-electron chi connectivity index (χ2n) is 6.59. The summed E-state index contributed by atoms with van der Waals surface area (Å²) in [6.07, 6.45) is 4.58. The van der Waals surface area contributed by atoms with E-state index in [1.54, 1.807) is 24.4 Å². The third kappa shape index (κ3) is 4.42. The molecule has 8 heteroatoms. The van der Waals surface area contributed by atoms with Gasteiger partial charge in [-0.25, -0.2) is 4.79 Å². The molecule has 2 atom stereocenters. The first-order valence-corrected chi connectivity index (χ1v) is 9.26. The molecule has 0 fully saturated rings. The van der Waals surface area contributed by atoms with Gasteiger partial charge in [-0.2, -0.15) is 5.10 Å². The first kappa shape index (κ1) is 19.2. The van der Waals surface area contributed by atoms with Gasteiger partial charge in [0.05, 0.1) is 31.8 Å². The molecule has 2 unspecified atom stereocenters. The van der Waals surface area contributed by atoms with Crippen molar-refractivity contribution in [2.75, 3.05) is 7.11 Å². The quantitative estimate of drug-likeness (QED) is 0.768. The normalized spacial score (nSPS) is 16.9. The summed E-state index contributed by atoms with van der Waals surface area (Å²) in [5.74, 6) is -0.424. The zero-order valence-corrected chi connectivity index (χ0v) is 16.1. The average molecular weight is 391 g/mol. The van der Waals surface area contributed by atoms with Crippen molar-refractivity contribution >= 4 is 23.6 Å². The van der Waals surface area contributed by atoms with Gasteiger partial charge in [0.25, 0.3) is 0 Å². The molecule has 1 aromatic carbocycles. The summed E-state index contributed by atoms with van der Waals surface area (Å²) in [6, 6.07) is 6.09. The Kier molecular flexibility index (Phi) is 6.01. The number of methoxy groups -OCH3 is 1. The lowest BCUT2D eigenvalue weighted by molar-refractivity contribution is -0.141. The van der Waals surface area contributed by atoms with E-state index >= 15 is 0 Å². The first-order valence-electron chi connectivity index (χ1n) is 8.88. The number of hydrogen-bond acceptors (Lipinski definition) is 4. The second-order valence-corrected chi connectivity index (χ2v) is 6.99. The van der Waals surface area contributed by atoms with Crippen LogP contribution >= 0.6 is 11.6 Å². The zero-order valence-electron chi connectivity index (χ0n) is 15.4. The van der Waals surface area contributed by atoms with Crippen LogP contribution in [0.15, 0.2) is 30.5 Å². The fraction of sp³-hybridized carbons (Fsp3) is 0.421. The van der Waals surface area contributed by atoms with Crippen LogP contribution in [0.5, 0.6) is 0 Å². The van der Waals surface area contributed by atoms with Crippen molar-refractivity contribution in [3.8, 4) is 0 Å². The number of urea groups is 1. The molecule has 3 rings (SSSR count). The molecule has 0 spiro atoms. The topological polar surface area (TPSA) is 85.2 Å². The van der Waals surface area contributed by atoms with E-state index in [-0.39, 0.29) is 18.5 Å². The number of nitrogens with zero attached hydrogens (tertiary/aromatic N) is 2. The molecule has 0 saturated carbocycles.